The molecule has 2 rings (SSSR count). The Balaban J connectivity index is 2.55. The van der Waals surface area contributed by atoms with E-state index in [1.54, 1.807) is 13.0 Å². The second kappa shape index (κ2) is 5.91. The molecule has 0 aliphatic rings. The summed E-state index contributed by atoms with van der Waals surface area (Å²) >= 11 is 12.4. The monoisotopic (exact) mass is 297 g/mol. The molecule has 0 fully saturated rings. The molecular weight excluding hydrogens is 284 g/mol. The minimum Gasteiger partial charge on any atom is -0.309 e. The summed E-state index contributed by atoms with van der Waals surface area (Å²) in [6.07, 6.45) is 0. The normalized spacial score (nSPS) is 12.5. The summed E-state index contributed by atoms with van der Waals surface area (Å²) in [6, 6.07) is 10.5. The fraction of sp³-hybridized carbons (Fsp3) is 0.200. The molecule has 1 nitrogen and oxygen atoms in total. The van der Waals surface area contributed by atoms with Crippen molar-refractivity contribution >= 4 is 23.2 Å². The molecule has 19 heavy (non-hydrogen) atoms. The third kappa shape index (κ3) is 2.92. The Morgan fingerprint density at radius 3 is 2.37 bits per heavy atom. The maximum atomic E-state index is 13.5. The molecule has 2 aromatic carbocycles. The fourth-order valence-corrected chi connectivity index (χ4v) is 2.59. The first-order chi connectivity index (χ1) is 9.04. The van der Waals surface area contributed by atoms with Gasteiger partial charge in [0.05, 0.1) is 6.04 Å². The van der Waals surface area contributed by atoms with Gasteiger partial charge in [0.1, 0.15) is 5.82 Å². The van der Waals surface area contributed by atoms with Gasteiger partial charge in [0.2, 0.25) is 0 Å². The van der Waals surface area contributed by atoms with Gasteiger partial charge in [-0.3, -0.25) is 0 Å². The Morgan fingerprint density at radius 1 is 1.05 bits per heavy atom. The number of aryl methyl sites for hydroxylation is 1. The average molecular weight is 298 g/mol. The lowest BCUT2D eigenvalue weighted by atomic mass is 9.97. The van der Waals surface area contributed by atoms with Gasteiger partial charge < -0.3 is 5.32 Å². The van der Waals surface area contributed by atoms with Crippen LogP contribution in [0.4, 0.5) is 4.39 Å². The summed E-state index contributed by atoms with van der Waals surface area (Å²) in [7, 11) is 1.82. The SMILES string of the molecule is CNC(c1ccccc1Cl)c1cc(C)c(F)cc1Cl. The molecule has 2 aromatic rings. The molecular formula is C15H14Cl2FN. The van der Waals surface area contributed by atoms with Crippen molar-refractivity contribution in [1.82, 2.24) is 5.32 Å². The van der Waals surface area contributed by atoms with Crippen molar-refractivity contribution in [3.05, 3.63) is 69.0 Å². The number of hydrogen-bond acceptors (Lipinski definition) is 1. The molecule has 0 amide bonds. The van der Waals surface area contributed by atoms with Gasteiger partial charge >= 0.3 is 0 Å². The zero-order chi connectivity index (χ0) is 14.0. The summed E-state index contributed by atoms with van der Waals surface area (Å²) < 4.78 is 13.5. The lowest BCUT2D eigenvalue weighted by Crippen LogP contribution is -2.18. The maximum Gasteiger partial charge on any atom is 0.127 e. The van der Waals surface area contributed by atoms with Crippen molar-refractivity contribution in [3.8, 4) is 0 Å². The Morgan fingerprint density at radius 2 is 1.74 bits per heavy atom. The summed E-state index contributed by atoms with van der Waals surface area (Å²) in [5.74, 6) is -0.303. The van der Waals surface area contributed by atoms with Crippen LogP contribution < -0.4 is 5.32 Å². The molecule has 100 valence electrons. The zero-order valence-corrected chi connectivity index (χ0v) is 12.2. The van der Waals surface area contributed by atoms with Gasteiger partial charge in [0, 0.05) is 10.0 Å². The fourth-order valence-electron chi connectivity index (χ4n) is 2.09. The van der Waals surface area contributed by atoms with Crippen molar-refractivity contribution in [1.29, 1.82) is 0 Å². The molecule has 0 aromatic heterocycles. The topological polar surface area (TPSA) is 12.0 Å². The molecule has 4 heteroatoms. The molecule has 0 radical (unpaired) electrons. The number of hydrogen-bond donors (Lipinski definition) is 1. The van der Waals surface area contributed by atoms with E-state index in [1.807, 2.05) is 31.3 Å². The third-order valence-electron chi connectivity index (χ3n) is 3.09. The maximum absolute atomic E-state index is 13.5. The minimum absolute atomic E-state index is 0.166. The van der Waals surface area contributed by atoms with Gasteiger partial charge in [0.25, 0.3) is 0 Å². The smallest absolute Gasteiger partial charge is 0.127 e. The van der Waals surface area contributed by atoms with Gasteiger partial charge in [0.15, 0.2) is 0 Å². The van der Waals surface area contributed by atoms with E-state index in [4.69, 9.17) is 23.2 Å². The highest BCUT2D eigenvalue weighted by Gasteiger charge is 2.19. The number of halogens is 3. The van der Waals surface area contributed by atoms with Crippen LogP contribution in [0.2, 0.25) is 10.0 Å². The largest absolute Gasteiger partial charge is 0.309 e. The summed E-state index contributed by atoms with van der Waals surface area (Å²) in [5.41, 5.74) is 2.29. The molecule has 0 aliphatic heterocycles. The number of nitrogens with one attached hydrogen (secondary N) is 1. The quantitative estimate of drug-likeness (QED) is 0.862. The van der Waals surface area contributed by atoms with Gasteiger partial charge in [-0.2, -0.15) is 0 Å². The first kappa shape index (κ1) is 14.3. The van der Waals surface area contributed by atoms with Crippen LogP contribution in [0.25, 0.3) is 0 Å². The highest BCUT2D eigenvalue weighted by atomic mass is 35.5. The summed E-state index contributed by atoms with van der Waals surface area (Å²) in [4.78, 5) is 0. The first-order valence-corrected chi connectivity index (χ1v) is 6.67. The van der Waals surface area contributed by atoms with E-state index in [0.29, 0.717) is 15.6 Å². The van der Waals surface area contributed by atoms with E-state index in [9.17, 15) is 4.39 Å². The Kier molecular flexibility index (Phi) is 4.46. The standard InChI is InChI=1S/C15H14Cl2FN/c1-9-7-11(13(17)8-14(9)18)15(19-2)10-5-3-4-6-12(10)16/h3-8,15,19H,1-2H3. The van der Waals surface area contributed by atoms with Crippen LogP contribution in [0.1, 0.15) is 22.7 Å². The molecule has 1 N–H and O–H groups in total. The number of rotatable bonds is 3. The van der Waals surface area contributed by atoms with Gasteiger partial charge in [-0.05, 0) is 48.9 Å². The van der Waals surface area contributed by atoms with Gasteiger partial charge in [-0.15, -0.1) is 0 Å². The highest BCUT2D eigenvalue weighted by molar-refractivity contribution is 6.32. The van der Waals surface area contributed by atoms with E-state index in [0.717, 1.165) is 11.1 Å². The second-order valence-electron chi connectivity index (χ2n) is 4.37. The molecule has 0 saturated heterocycles. The van der Waals surface area contributed by atoms with E-state index >= 15 is 0 Å². The second-order valence-corrected chi connectivity index (χ2v) is 5.18. The van der Waals surface area contributed by atoms with E-state index in [-0.39, 0.29) is 11.9 Å². The van der Waals surface area contributed by atoms with Crippen LogP contribution in [0, 0.1) is 12.7 Å². The molecule has 0 heterocycles. The van der Waals surface area contributed by atoms with E-state index < -0.39 is 0 Å². The molecule has 0 aliphatic carbocycles. The van der Waals surface area contributed by atoms with E-state index in [2.05, 4.69) is 5.32 Å². The molecule has 0 bridgehead atoms. The van der Waals surface area contributed by atoms with Crippen LogP contribution in [0.5, 0.6) is 0 Å². The predicted octanol–water partition coefficient (Wildman–Crippen LogP) is 4.75. The third-order valence-corrected chi connectivity index (χ3v) is 3.77. The summed E-state index contributed by atoms with van der Waals surface area (Å²) in [6.45, 7) is 1.72. The van der Waals surface area contributed by atoms with Crippen LogP contribution in [0.15, 0.2) is 36.4 Å². The van der Waals surface area contributed by atoms with Crippen molar-refractivity contribution in [2.45, 2.75) is 13.0 Å². The van der Waals surface area contributed by atoms with Crippen LogP contribution in [0.3, 0.4) is 0 Å². The van der Waals surface area contributed by atoms with Crippen molar-refractivity contribution in [2.75, 3.05) is 7.05 Å². The molecule has 1 atom stereocenters. The molecule has 0 saturated carbocycles. The minimum atomic E-state index is -0.303. The van der Waals surface area contributed by atoms with Crippen molar-refractivity contribution in [2.24, 2.45) is 0 Å². The Bertz CT molecular complexity index is 599. The summed E-state index contributed by atoms with van der Waals surface area (Å²) in [5, 5.41) is 4.22. The van der Waals surface area contributed by atoms with Crippen LogP contribution >= 0.6 is 23.2 Å². The molecule has 1 unspecified atom stereocenters. The lowest BCUT2D eigenvalue weighted by Gasteiger charge is -2.20. The first-order valence-electron chi connectivity index (χ1n) is 5.92. The van der Waals surface area contributed by atoms with Crippen molar-refractivity contribution < 1.29 is 4.39 Å². The Labute approximate surface area is 122 Å². The predicted molar refractivity (Wildman–Crippen MR) is 78.5 cm³/mol. The van der Waals surface area contributed by atoms with Crippen molar-refractivity contribution in [3.63, 3.8) is 0 Å². The van der Waals surface area contributed by atoms with Gasteiger partial charge in [-0.1, -0.05) is 41.4 Å². The number of benzene rings is 2. The Hall–Kier alpha value is -1.09. The van der Waals surface area contributed by atoms with Gasteiger partial charge in [-0.25, -0.2) is 4.39 Å². The van der Waals surface area contributed by atoms with Crippen LogP contribution in [-0.2, 0) is 0 Å². The highest BCUT2D eigenvalue weighted by Crippen LogP contribution is 2.33. The molecule has 0 spiro atoms. The van der Waals surface area contributed by atoms with Crippen LogP contribution in [-0.4, -0.2) is 7.05 Å². The lowest BCUT2D eigenvalue weighted by molar-refractivity contribution is 0.614. The van der Waals surface area contributed by atoms with E-state index in [1.165, 1.54) is 6.07 Å². The average Bonchev–Trinajstić information content (AvgIpc) is 2.38. The zero-order valence-electron chi connectivity index (χ0n) is 10.7.